The summed E-state index contributed by atoms with van der Waals surface area (Å²) in [6.07, 6.45) is 7.85. The molecule has 1 heterocycles. The Balaban J connectivity index is 1.99. The highest BCUT2D eigenvalue weighted by Crippen LogP contribution is 2.27. The summed E-state index contributed by atoms with van der Waals surface area (Å²) in [5.74, 6) is 0.548. The largest absolute Gasteiger partial charge is 0.309 e. The lowest BCUT2D eigenvalue weighted by atomic mass is 10.1. The fourth-order valence-corrected chi connectivity index (χ4v) is 3.96. The van der Waals surface area contributed by atoms with Crippen molar-refractivity contribution < 1.29 is 0 Å². The molecule has 1 aromatic rings. The van der Waals surface area contributed by atoms with Gasteiger partial charge < -0.3 is 5.32 Å². The molecule has 1 N–H and O–H groups in total. The predicted octanol–water partition coefficient (Wildman–Crippen LogP) is 4.25. The number of nitrogens with zero attached hydrogens (tertiary/aromatic N) is 1. The number of hydrogen-bond acceptors (Lipinski definition) is 3. The zero-order valence-corrected chi connectivity index (χ0v) is 12.8. The molecular formula is C15H26N2S. The van der Waals surface area contributed by atoms with E-state index in [0.29, 0.717) is 5.92 Å². The molecule has 0 aromatic carbocycles. The topological polar surface area (TPSA) is 24.9 Å². The lowest BCUT2D eigenvalue weighted by Gasteiger charge is -2.12. The van der Waals surface area contributed by atoms with Crippen LogP contribution >= 0.6 is 11.3 Å². The third-order valence-electron chi connectivity index (χ3n) is 3.69. The number of aromatic nitrogens is 1. The van der Waals surface area contributed by atoms with Gasteiger partial charge in [0.25, 0.3) is 0 Å². The molecule has 3 heteroatoms. The van der Waals surface area contributed by atoms with Crippen molar-refractivity contribution in [1.29, 1.82) is 0 Å². The maximum absolute atomic E-state index is 4.82. The molecule has 0 amide bonds. The van der Waals surface area contributed by atoms with Gasteiger partial charge in [0.05, 0.1) is 10.7 Å². The smallest absolute Gasteiger partial charge is 0.0931 e. The summed E-state index contributed by atoms with van der Waals surface area (Å²) in [4.78, 5) is 6.30. The van der Waals surface area contributed by atoms with Crippen LogP contribution < -0.4 is 5.32 Å². The average molecular weight is 266 g/mol. The molecule has 1 fully saturated rings. The molecule has 0 spiro atoms. The number of rotatable bonds is 6. The maximum Gasteiger partial charge on any atom is 0.0931 e. The van der Waals surface area contributed by atoms with E-state index in [1.54, 1.807) is 0 Å². The molecular weight excluding hydrogens is 240 g/mol. The Labute approximate surface area is 115 Å². The molecule has 2 nitrogen and oxygen atoms in total. The van der Waals surface area contributed by atoms with Crippen LogP contribution in [-0.4, -0.2) is 11.0 Å². The number of hydrogen-bond donors (Lipinski definition) is 1. The summed E-state index contributed by atoms with van der Waals surface area (Å²) in [6, 6.07) is 0.752. The Morgan fingerprint density at radius 1 is 1.33 bits per heavy atom. The molecule has 0 bridgehead atoms. The van der Waals surface area contributed by atoms with Gasteiger partial charge in [0.1, 0.15) is 0 Å². The third-order valence-corrected chi connectivity index (χ3v) is 4.82. The highest BCUT2D eigenvalue weighted by atomic mass is 32.1. The van der Waals surface area contributed by atoms with Crippen LogP contribution in [0.25, 0.3) is 0 Å². The zero-order chi connectivity index (χ0) is 13.0. The van der Waals surface area contributed by atoms with E-state index in [1.807, 2.05) is 11.3 Å². The van der Waals surface area contributed by atoms with Crippen LogP contribution in [0.3, 0.4) is 0 Å². The van der Waals surface area contributed by atoms with Crippen LogP contribution in [0.15, 0.2) is 0 Å². The molecule has 1 aliphatic carbocycles. The quantitative estimate of drug-likeness (QED) is 0.832. The van der Waals surface area contributed by atoms with Gasteiger partial charge in [-0.15, -0.1) is 11.3 Å². The standard InChI is InChI=1S/C15H26N2S/c1-4-7-14-17-15(11(2)3)13(18-14)10-16-12-8-5-6-9-12/h11-12,16H,4-10H2,1-3H3. The van der Waals surface area contributed by atoms with E-state index >= 15 is 0 Å². The molecule has 0 unspecified atom stereocenters. The van der Waals surface area contributed by atoms with Gasteiger partial charge in [-0.1, -0.05) is 33.6 Å². The van der Waals surface area contributed by atoms with Gasteiger partial charge in [-0.2, -0.15) is 0 Å². The van der Waals surface area contributed by atoms with E-state index in [-0.39, 0.29) is 0 Å². The summed E-state index contributed by atoms with van der Waals surface area (Å²) in [5, 5.41) is 5.04. The molecule has 102 valence electrons. The van der Waals surface area contributed by atoms with Gasteiger partial charge in [-0.3, -0.25) is 0 Å². The van der Waals surface area contributed by atoms with Crippen molar-refractivity contribution in [3.05, 3.63) is 15.6 Å². The Hall–Kier alpha value is -0.410. The monoisotopic (exact) mass is 266 g/mol. The Morgan fingerprint density at radius 2 is 2.06 bits per heavy atom. The van der Waals surface area contributed by atoms with Crippen LogP contribution in [0, 0.1) is 0 Å². The second kappa shape index (κ2) is 6.67. The van der Waals surface area contributed by atoms with Crippen molar-refractivity contribution in [2.24, 2.45) is 0 Å². The molecule has 0 atom stereocenters. The van der Waals surface area contributed by atoms with E-state index in [9.17, 15) is 0 Å². The highest BCUT2D eigenvalue weighted by Gasteiger charge is 2.17. The fourth-order valence-electron chi connectivity index (χ4n) is 2.68. The first-order valence-corrected chi connectivity index (χ1v) is 8.24. The van der Waals surface area contributed by atoms with Gasteiger partial charge >= 0.3 is 0 Å². The second-order valence-electron chi connectivity index (χ2n) is 5.68. The zero-order valence-electron chi connectivity index (χ0n) is 12.0. The van der Waals surface area contributed by atoms with Crippen LogP contribution in [0.4, 0.5) is 0 Å². The minimum atomic E-state index is 0.548. The summed E-state index contributed by atoms with van der Waals surface area (Å²) in [5.41, 5.74) is 1.33. The number of nitrogens with one attached hydrogen (secondary N) is 1. The van der Waals surface area contributed by atoms with E-state index in [1.165, 1.54) is 47.7 Å². The van der Waals surface area contributed by atoms with Gasteiger partial charge in [-0.25, -0.2) is 4.98 Å². The second-order valence-corrected chi connectivity index (χ2v) is 6.85. The van der Waals surface area contributed by atoms with Gasteiger partial charge in [0.2, 0.25) is 0 Å². The van der Waals surface area contributed by atoms with E-state index in [4.69, 9.17) is 4.98 Å². The van der Waals surface area contributed by atoms with E-state index < -0.39 is 0 Å². The molecule has 1 aromatic heterocycles. The van der Waals surface area contributed by atoms with Crippen LogP contribution in [-0.2, 0) is 13.0 Å². The SMILES string of the molecule is CCCc1nc(C(C)C)c(CNC2CCCC2)s1. The van der Waals surface area contributed by atoms with Crippen molar-refractivity contribution in [1.82, 2.24) is 10.3 Å². The lowest BCUT2D eigenvalue weighted by Crippen LogP contribution is -2.25. The van der Waals surface area contributed by atoms with E-state index in [2.05, 4.69) is 26.1 Å². The molecule has 0 aliphatic heterocycles. The molecule has 0 radical (unpaired) electrons. The minimum Gasteiger partial charge on any atom is -0.309 e. The summed E-state index contributed by atoms with van der Waals surface area (Å²) >= 11 is 1.92. The van der Waals surface area contributed by atoms with Crippen molar-refractivity contribution in [2.75, 3.05) is 0 Å². The molecule has 0 saturated heterocycles. The third kappa shape index (κ3) is 3.55. The normalized spacial score (nSPS) is 16.9. The number of thiazole rings is 1. The highest BCUT2D eigenvalue weighted by molar-refractivity contribution is 7.11. The fraction of sp³-hybridized carbons (Fsp3) is 0.800. The van der Waals surface area contributed by atoms with Crippen molar-refractivity contribution in [3.63, 3.8) is 0 Å². The maximum atomic E-state index is 4.82. The number of aryl methyl sites for hydroxylation is 1. The first-order chi connectivity index (χ1) is 8.70. The molecule has 2 rings (SSSR count). The van der Waals surface area contributed by atoms with Crippen LogP contribution in [0.2, 0.25) is 0 Å². The predicted molar refractivity (Wildman–Crippen MR) is 79.3 cm³/mol. The summed E-state index contributed by atoms with van der Waals surface area (Å²) in [6.45, 7) is 7.76. The minimum absolute atomic E-state index is 0.548. The van der Waals surface area contributed by atoms with Crippen LogP contribution in [0.1, 0.15) is 74.4 Å². The van der Waals surface area contributed by atoms with Gasteiger partial charge in [0, 0.05) is 17.5 Å². The average Bonchev–Trinajstić information content (AvgIpc) is 2.95. The first kappa shape index (κ1) is 14.0. The Kier molecular flexibility index (Phi) is 5.19. The van der Waals surface area contributed by atoms with E-state index in [0.717, 1.165) is 19.0 Å². The van der Waals surface area contributed by atoms with Gasteiger partial charge in [0.15, 0.2) is 0 Å². The van der Waals surface area contributed by atoms with Crippen LogP contribution in [0.5, 0.6) is 0 Å². The van der Waals surface area contributed by atoms with Crippen molar-refractivity contribution in [2.45, 2.75) is 77.8 Å². The molecule has 1 saturated carbocycles. The molecule has 18 heavy (non-hydrogen) atoms. The lowest BCUT2D eigenvalue weighted by molar-refractivity contribution is 0.524. The van der Waals surface area contributed by atoms with Crippen molar-refractivity contribution >= 4 is 11.3 Å². The molecule has 1 aliphatic rings. The summed E-state index contributed by atoms with van der Waals surface area (Å²) < 4.78 is 0. The van der Waals surface area contributed by atoms with Gasteiger partial charge in [-0.05, 0) is 31.6 Å². The summed E-state index contributed by atoms with van der Waals surface area (Å²) in [7, 11) is 0. The Bertz CT molecular complexity index is 365. The Morgan fingerprint density at radius 3 is 2.67 bits per heavy atom. The first-order valence-electron chi connectivity index (χ1n) is 7.42. The van der Waals surface area contributed by atoms with Crippen molar-refractivity contribution in [3.8, 4) is 0 Å².